The molecule has 0 saturated heterocycles. The van der Waals surface area contributed by atoms with Crippen molar-refractivity contribution in [2.24, 2.45) is 5.92 Å². The predicted molar refractivity (Wildman–Crippen MR) is 68.8 cm³/mol. The van der Waals surface area contributed by atoms with Gasteiger partial charge >= 0.3 is 0 Å². The molecule has 96 valence electrons. The summed E-state index contributed by atoms with van der Waals surface area (Å²) in [5.41, 5.74) is 0. The van der Waals surface area contributed by atoms with Gasteiger partial charge in [0.25, 0.3) is 0 Å². The Morgan fingerprint density at radius 1 is 1.41 bits per heavy atom. The van der Waals surface area contributed by atoms with E-state index in [1.807, 2.05) is 6.20 Å². The number of hydrogen-bond acceptors (Lipinski definition) is 3. The fourth-order valence-corrected chi connectivity index (χ4v) is 2.48. The predicted octanol–water partition coefficient (Wildman–Crippen LogP) is 3.30. The fraction of sp³-hybridized carbons (Fsp3) is 0.786. The lowest BCUT2D eigenvalue weighted by Gasteiger charge is -2.06. The van der Waals surface area contributed by atoms with Crippen LogP contribution in [0, 0.1) is 5.92 Å². The first-order valence-electron chi connectivity index (χ1n) is 6.91. The van der Waals surface area contributed by atoms with Gasteiger partial charge in [-0.15, -0.1) is 0 Å². The van der Waals surface area contributed by atoms with Gasteiger partial charge in [-0.05, 0) is 12.3 Å². The smallest absolute Gasteiger partial charge is 0.208 e. The van der Waals surface area contributed by atoms with Crippen molar-refractivity contribution >= 4 is 0 Å². The molecule has 1 fully saturated rings. The molecule has 1 aromatic heterocycles. The van der Waals surface area contributed by atoms with Gasteiger partial charge in [-0.1, -0.05) is 39.5 Å². The van der Waals surface area contributed by atoms with Crippen molar-refractivity contribution in [3.8, 4) is 0 Å². The Morgan fingerprint density at radius 2 is 2.18 bits per heavy atom. The third-order valence-electron chi connectivity index (χ3n) is 3.54. The summed E-state index contributed by atoms with van der Waals surface area (Å²) in [6.07, 6.45) is 9.89. The normalized spacial score (nSPS) is 17.1. The molecular weight excluding hydrogens is 212 g/mol. The van der Waals surface area contributed by atoms with E-state index in [0.29, 0.717) is 6.04 Å². The molecule has 3 heteroatoms. The van der Waals surface area contributed by atoms with Gasteiger partial charge in [-0.2, -0.15) is 0 Å². The standard InChI is InChI=1S/C14H24N2O/c1-11(2)15-10-14-16-9-13(17-14)8-7-12-5-3-4-6-12/h9,11-12,15H,3-8,10H2,1-2H3. The Hall–Kier alpha value is -0.830. The molecule has 0 atom stereocenters. The third kappa shape index (κ3) is 4.15. The molecule has 1 aliphatic rings. The summed E-state index contributed by atoms with van der Waals surface area (Å²) < 4.78 is 5.72. The molecule has 1 aromatic rings. The molecule has 1 aliphatic carbocycles. The summed E-state index contributed by atoms with van der Waals surface area (Å²) >= 11 is 0. The second kappa shape index (κ2) is 6.20. The molecule has 0 bridgehead atoms. The van der Waals surface area contributed by atoms with E-state index in [4.69, 9.17) is 4.42 Å². The highest BCUT2D eigenvalue weighted by Gasteiger charge is 2.15. The first-order chi connectivity index (χ1) is 8.24. The van der Waals surface area contributed by atoms with Crippen LogP contribution in [0.4, 0.5) is 0 Å². The Labute approximate surface area is 104 Å². The molecule has 1 heterocycles. The second-order valence-electron chi connectivity index (χ2n) is 5.45. The zero-order valence-corrected chi connectivity index (χ0v) is 11.0. The number of aryl methyl sites for hydroxylation is 1. The Kier molecular flexibility index (Phi) is 4.60. The molecule has 0 spiro atoms. The molecule has 2 rings (SSSR count). The molecule has 0 aliphatic heterocycles. The van der Waals surface area contributed by atoms with E-state index < -0.39 is 0 Å². The van der Waals surface area contributed by atoms with Crippen LogP contribution in [-0.4, -0.2) is 11.0 Å². The summed E-state index contributed by atoms with van der Waals surface area (Å²) in [6, 6.07) is 0.476. The maximum atomic E-state index is 5.72. The van der Waals surface area contributed by atoms with Gasteiger partial charge in [-0.25, -0.2) is 4.98 Å². The maximum Gasteiger partial charge on any atom is 0.208 e. The van der Waals surface area contributed by atoms with Crippen LogP contribution in [0.2, 0.25) is 0 Å². The molecule has 0 amide bonds. The molecule has 3 nitrogen and oxygen atoms in total. The molecule has 17 heavy (non-hydrogen) atoms. The maximum absolute atomic E-state index is 5.72. The van der Waals surface area contributed by atoms with E-state index in [1.54, 1.807) is 0 Å². The summed E-state index contributed by atoms with van der Waals surface area (Å²) in [6.45, 7) is 5.00. The Morgan fingerprint density at radius 3 is 2.88 bits per heavy atom. The second-order valence-corrected chi connectivity index (χ2v) is 5.45. The Bertz CT molecular complexity index is 327. The van der Waals surface area contributed by atoms with E-state index in [0.717, 1.165) is 30.5 Å². The topological polar surface area (TPSA) is 38.1 Å². The molecular formula is C14H24N2O. The fourth-order valence-electron chi connectivity index (χ4n) is 2.48. The SMILES string of the molecule is CC(C)NCc1ncc(CCC2CCCC2)o1. The van der Waals surface area contributed by atoms with Gasteiger partial charge in [-0.3, -0.25) is 0 Å². The lowest BCUT2D eigenvalue weighted by atomic mass is 10.0. The Balaban J connectivity index is 1.73. The molecule has 1 saturated carbocycles. The number of nitrogens with one attached hydrogen (secondary N) is 1. The zero-order valence-electron chi connectivity index (χ0n) is 11.0. The van der Waals surface area contributed by atoms with Crippen LogP contribution in [0.15, 0.2) is 10.6 Å². The van der Waals surface area contributed by atoms with Gasteiger partial charge in [0.2, 0.25) is 5.89 Å². The number of aromatic nitrogens is 1. The van der Waals surface area contributed by atoms with Crippen molar-refractivity contribution in [2.75, 3.05) is 0 Å². The van der Waals surface area contributed by atoms with Crippen LogP contribution in [0.3, 0.4) is 0 Å². The van der Waals surface area contributed by atoms with Crippen LogP contribution >= 0.6 is 0 Å². The van der Waals surface area contributed by atoms with Crippen molar-refractivity contribution in [3.05, 3.63) is 17.8 Å². The minimum Gasteiger partial charge on any atom is -0.444 e. The highest BCUT2D eigenvalue weighted by Crippen LogP contribution is 2.28. The van der Waals surface area contributed by atoms with E-state index in [2.05, 4.69) is 24.1 Å². The highest BCUT2D eigenvalue weighted by molar-refractivity contribution is 4.95. The summed E-state index contributed by atoms with van der Waals surface area (Å²) in [5, 5.41) is 3.32. The lowest BCUT2D eigenvalue weighted by Crippen LogP contribution is -2.21. The van der Waals surface area contributed by atoms with Crippen molar-refractivity contribution in [2.45, 2.75) is 65.0 Å². The van der Waals surface area contributed by atoms with Crippen LogP contribution in [0.5, 0.6) is 0 Å². The van der Waals surface area contributed by atoms with Crippen LogP contribution < -0.4 is 5.32 Å². The number of oxazole rings is 1. The highest BCUT2D eigenvalue weighted by atomic mass is 16.4. The lowest BCUT2D eigenvalue weighted by molar-refractivity contribution is 0.404. The first kappa shape index (κ1) is 12.6. The van der Waals surface area contributed by atoms with Crippen molar-refractivity contribution < 1.29 is 4.42 Å². The van der Waals surface area contributed by atoms with Crippen LogP contribution in [0.1, 0.15) is 57.6 Å². The monoisotopic (exact) mass is 236 g/mol. The zero-order chi connectivity index (χ0) is 12.1. The minimum absolute atomic E-state index is 0.476. The molecule has 1 N–H and O–H groups in total. The number of rotatable bonds is 6. The largest absolute Gasteiger partial charge is 0.444 e. The van der Waals surface area contributed by atoms with Gasteiger partial charge in [0.15, 0.2) is 0 Å². The molecule has 0 radical (unpaired) electrons. The molecule has 0 unspecified atom stereocenters. The molecule has 0 aromatic carbocycles. The van der Waals surface area contributed by atoms with E-state index in [9.17, 15) is 0 Å². The first-order valence-corrected chi connectivity index (χ1v) is 6.91. The van der Waals surface area contributed by atoms with Gasteiger partial charge < -0.3 is 9.73 Å². The number of nitrogens with zero attached hydrogens (tertiary/aromatic N) is 1. The van der Waals surface area contributed by atoms with Gasteiger partial charge in [0.05, 0.1) is 12.7 Å². The van der Waals surface area contributed by atoms with E-state index in [1.165, 1.54) is 32.1 Å². The van der Waals surface area contributed by atoms with Gasteiger partial charge in [0.1, 0.15) is 5.76 Å². The van der Waals surface area contributed by atoms with E-state index >= 15 is 0 Å². The summed E-state index contributed by atoms with van der Waals surface area (Å²) in [7, 11) is 0. The average molecular weight is 236 g/mol. The van der Waals surface area contributed by atoms with E-state index in [-0.39, 0.29) is 0 Å². The van der Waals surface area contributed by atoms with Crippen LogP contribution in [-0.2, 0) is 13.0 Å². The van der Waals surface area contributed by atoms with Crippen molar-refractivity contribution in [1.82, 2.24) is 10.3 Å². The van der Waals surface area contributed by atoms with Crippen molar-refractivity contribution in [1.29, 1.82) is 0 Å². The number of hydrogen-bond donors (Lipinski definition) is 1. The van der Waals surface area contributed by atoms with Crippen molar-refractivity contribution in [3.63, 3.8) is 0 Å². The minimum atomic E-state index is 0.476. The summed E-state index contributed by atoms with van der Waals surface area (Å²) in [4.78, 5) is 4.30. The average Bonchev–Trinajstić information content (AvgIpc) is 2.95. The quantitative estimate of drug-likeness (QED) is 0.823. The third-order valence-corrected chi connectivity index (χ3v) is 3.54. The van der Waals surface area contributed by atoms with Crippen LogP contribution in [0.25, 0.3) is 0 Å². The summed E-state index contributed by atoms with van der Waals surface area (Å²) in [5.74, 6) is 2.80. The van der Waals surface area contributed by atoms with Gasteiger partial charge in [0, 0.05) is 12.5 Å².